The monoisotopic (exact) mass is 604 g/mol. The Balaban J connectivity index is 1.13. The second kappa shape index (κ2) is 12.2. The van der Waals surface area contributed by atoms with Crippen molar-refractivity contribution in [3.63, 3.8) is 0 Å². The third kappa shape index (κ3) is 6.33. The first-order valence-electron chi connectivity index (χ1n) is 13.7. The van der Waals surface area contributed by atoms with Crippen LogP contribution < -0.4 is 4.74 Å². The molecule has 6 aromatic rings. The molecule has 0 aliphatic rings. The van der Waals surface area contributed by atoms with Crippen LogP contribution in [0.15, 0.2) is 109 Å². The predicted octanol–water partition coefficient (Wildman–Crippen LogP) is 10.4. The van der Waals surface area contributed by atoms with Gasteiger partial charge in [-0.3, -0.25) is 0 Å². The van der Waals surface area contributed by atoms with E-state index < -0.39 is 5.97 Å². The zero-order valence-electron chi connectivity index (χ0n) is 23.2. The number of ether oxygens (including phenoxy) is 1. The van der Waals surface area contributed by atoms with Gasteiger partial charge in [0.2, 0.25) is 0 Å². The fraction of sp³-hybridized carbons (Fsp3) is 0.0556. The molecular weight excluding hydrogens is 579 g/mol. The van der Waals surface area contributed by atoms with Crippen molar-refractivity contribution in [2.24, 2.45) is 0 Å². The number of imidazole rings is 1. The van der Waals surface area contributed by atoms with Gasteiger partial charge in [0.15, 0.2) is 0 Å². The van der Waals surface area contributed by atoms with Crippen molar-refractivity contribution in [3.8, 4) is 33.9 Å². The lowest BCUT2D eigenvalue weighted by molar-refractivity contribution is 0.0697. The van der Waals surface area contributed by atoms with Gasteiger partial charge in [0.05, 0.1) is 16.3 Å². The van der Waals surface area contributed by atoms with Crippen LogP contribution in [0.1, 0.15) is 28.7 Å². The van der Waals surface area contributed by atoms with Gasteiger partial charge >= 0.3 is 5.97 Å². The quantitative estimate of drug-likeness (QED) is 0.188. The molecule has 0 radical (unpaired) electrons. The minimum absolute atomic E-state index is 0.263. The fourth-order valence-electron chi connectivity index (χ4n) is 4.87. The van der Waals surface area contributed by atoms with E-state index >= 15 is 0 Å². The minimum atomic E-state index is -0.941. The van der Waals surface area contributed by atoms with Gasteiger partial charge in [-0.15, -0.1) is 0 Å². The molecule has 5 nitrogen and oxygen atoms in total. The first kappa shape index (κ1) is 28.3. The standard InChI is InChI=1S/C36H26Cl2N2O3/c1-2-40-22-34(32-17-13-29(37)21-33(32)38)39-35(40)18-5-23-3-6-24(7-4-23)25-10-14-30(15-11-25)43-31-16-12-26-19-28(36(41)42)9-8-27(26)20-31/h3-22H,2H2,1H3,(H,41,42). The minimum Gasteiger partial charge on any atom is -0.478 e. The van der Waals surface area contributed by atoms with Crippen LogP contribution in [-0.4, -0.2) is 20.6 Å². The number of aromatic carboxylic acids is 1. The van der Waals surface area contributed by atoms with Crippen molar-refractivity contribution < 1.29 is 14.6 Å². The van der Waals surface area contributed by atoms with Gasteiger partial charge in [0.1, 0.15) is 17.3 Å². The zero-order chi connectivity index (χ0) is 29.9. The molecule has 0 fully saturated rings. The van der Waals surface area contributed by atoms with E-state index in [-0.39, 0.29) is 5.56 Å². The highest BCUT2D eigenvalue weighted by Gasteiger charge is 2.11. The molecule has 1 aromatic heterocycles. The summed E-state index contributed by atoms with van der Waals surface area (Å²) in [5, 5.41) is 12.1. The molecule has 0 bridgehead atoms. The Bertz CT molecular complexity index is 1980. The largest absolute Gasteiger partial charge is 0.478 e. The van der Waals surface area contributed by atoms with E-state index in [2.05, 4.69) is 41.8 Å². The number of carbonyl (C=O) groups is 1. The summed E-state index contributed by atoms with van der Waals surface area (Å²) in [4.78, 5) is 16.0. The van der Waals surface area contributed by atoms with Crippen molar-refractivity contribution in [2.45, 2.75) is 13.5 Å². The number of benzene rings is 5. The number of rotatable bonds is 8. The Kier molecular flexibility index (Phi) is 8.01. The number of carboxylic acid groups (broad SMARTS) is 1. The highest BCUT2D eigenvalue weighted by atomic mass is 35.5. The summed E-state index contributed by atoms with van der Waals surface area (Å²) in [5.41, 5.74) is 5.15. The van der Waals surface area contributed by atoms with Gasteiger partial charge in [-0.25, -0.2) is 9.78 Å². The molecule has 0 atom stereocenters. The van der Waals surface area contributed by atoms with Crippen LogP contribution in [0.3, 0.4) is 0 Å². The van der Waals surface area contributed by atoms with Crippen molar-refractivity contribution in [1.29, 1.82) is 0 Å². The van der Waals surface area contributed by atoms with Crippen LogP contribution in [0.5, 0.6) is 11.5 Å². The van der Waals surface area contributed by atoms with Crippen LogP contribution in [-0.2, 0) is 6.54 Å². The number of aryl methyl sites for hydroxylation is 1. The smallest absolute Gasteiger partial charge is 0.335 e. The Morgan fingerprint density at radius 1 is 0.814 bits per heavy atom. The van der Waals surface area contributed by atoms with Gasteiger partial charge in [0, 0.05) is 23.3 Å². The third-order valence-electron chi connectivity index (χ3n) is 7.17. The lowest BCUT2D eigenvalue weighted by Gasteiger charge is -2.09. The molecule has 0 aliphatic heterocycles. The van der Waals surface area contributed by atoms with Crippen LogP contribution in [0.25, 0.3) is 45.3 Å². The van der Waals surface area contributed by atoms with E-state index in [0.717, 1.165) is 56.8 Å². The van der Waals surface area contributed by atoms with Crippen molar-refractivity contribution >= 4 is 52.1 Å². The Morgan fingerprint density at radius 2 is 1.49 bits per heavy atom. The Labute approximate surface area is 259 Å². The maximum Gasteiger partial charge on any atom is 0.335 e. The molecule has 43 heavy (non-hydrogen) atoms. The fourth-order valence-corrected chi connectivity index (χ4v) is 5.38. The molecule has 7 heteroatoms. The molecule has 0 saturated heterocycles. The molecule has 0 unspecified atom stereocenters. The van der Waals surface area contributed by atoms with Gasteiger partial charge < -0.3 is 14.4 Å². The molecule has 0 aliphatic carbocycles. The van der Waals surface area contributed by atoms with Crippen molar-refractivity contribution in [3.05, 3.63) is 136 Å². The van der Waals surface area contributed by atoms with Gasteiger partial charge in [0.25, 0.3) is 0 Å². The van der Waals surface area contributed by atoms with E-state index in [1.165, 1.54) is 0 Å². The number of hydrogen-bond acceptors (Lipinski definition) is 3. The summed E-state index contributed by atoms with van der Waals surface area (Å²) in [6.07, 6.45) is 6.06. The Hall–Kier alpha value is -4.84. The van der Waals surface area contributed by atoms with Gasteiger partial charge in [-0.1, -0.05) is 77.8 Å². The number of nitrogens with zero attached hydrogens (tertiary/aromatic N) is 2. The second-order valence-electron chi connectivity index (χ2n) is 10.0. The highest BCUT2D eigenvalue weighted by molar-refractivity contribution is 6.36. The van der Waals surface area contributed by atoms with Gasteiger partial charge in [-0.05, 0) is 95.1 Å². The first-order chi connectivity index (χ1) is 20.9. The first-order valence-corrected chi connectivity index (χ1v) is 14.5. The number of carboxylic acids is 1. The van der Waals surface area contributed by atoms with Gasteiger partial charge in [-0.2, -0.15) is 0 Å². The third-order valence-corrected chi connectivity index (χ3v) is 7.72. The van der Waals surface area contributed by atoms with Crippen LogP contribution in [0.2, 0.25) is 10.0 Å². The van der Waals surface area contributed by atoms with Crippen LogP contribution in [0, 0.1) is 0 Å². The average molecular weight is 606 g/mol. The molecule has 212 valence electrons. The number of aromatic nitrogens is 2. The summed E-state index contributed by atoms with van der Waals surface area (Å²) in [6, 6.07) is 32.4. The normalized spacial score (nSPS) is 11.3. The van der Waals surface area contributed by atoms with E-state index in [1.807, 2.05) is 66.9 Å². The zero-order valence-corrected chi connectivity index (χ0v) is 24.7. The Morgan fingerprint density at radius 3 is 2.19 bits per heavy atom. The molecular formula is C36H26Cl2N2O3. The summed E-state index contributed by atoms with van der Waals surface area (Å²) in [6.45, 7) is 2.86. The summed E-state index contributed by atoms with van der Waals surface area (Å²) < 4.78 is 8.15. The summed E-state index contributed by atoms with van der Waals surface area (Å²) >= 11 is 12.5. The van der Waals surface area contributed by atoms with E-state index in [1.54, 1.807) is 24.3 Å². The summed E-state index contributed by atoms with van der Waals surface area (Å²) in [7, 11) is 0. The van der Waals surface area contributed by atoms with Crippen molar-refractivity contribution in [2.75, 3.05) is 0 Å². The summed E-state index contributed by atoms with van der Waals surface area (Å²) in [5.74, 6) is 1.31. The molecule has 0 spiro atoms. The average Bonchev–Trinajstić information content (AvgIpc) is 3.43. The lowest BCUT2D eigenvalue weighted by Crippen LogP contribution is -1.95. The molecule has 1 heterocycles. The van der Waals surface area contributed by atoms with Crippen LogP contribution in [0.4, 0.5) is 0 Å². The molecule has 5 aromatic carbocycles. The maximum atomic E-state index is 11.2. The van der Waals surface area contributed by atoms with E-state index in [4.69, 9.17) is 32.9 Å². The molecule has 0 saturated carbocycles. The number of halogens is 2. The second-order valence-corrected chi connectivity index (χ2v) is 10.8. The highest BCUT2D eigenvalue weighted by Crippen LogP contribution is 2.31. The SMILES string of the molecule is CCn1cc(-c2ccc(Cl)cc2Cl)nc1C=Cc1ccc(-c2ccc(Oc3ccc4cc(C(=O)O)ccc4c3)cc2)cc1. The molecule has 0 amide bonds. The van der Waals surface area contributed by atoms with Crippen LogP contribution >= 0.6 is 23.2 Å². The molecule has 6 rings (SSSR count). The molecule has 1 N–H and O–H groups in total. The lowest BCUT2D eigenvalue weighted by atomic mass is 10.0. The maximum absolute atomic E-state index is 11.2. The predicted molar refractivity (Wildman–Crippen MR) is 175 cm³/mol. The van der Waals surface area contributed by atoms with E-state index in [0.29, 0.717) is 15.8 Å². The number of hydrogen-bond donors (Lipinski definition) is 1. The number of fused-ring (bicyclic) bond motifs is 1. The topological polar surface area (TPSA) is 64.4 Å². The van der Waals surface area contributed by atoms with E-state index in [9.17, 15) is 9.90 Å². The van der Waals surface area contributed by atoms with Crippen molar-refractivity contribution in [1.82, 2.24) is 9.55 Å².